The number of benzene rings is 3. The van der Waals surface area contributed by atoms with Crippen LogP contribution in [0.4, 0.5) is 0 Å². The zero-order valence-corrected chi connectivity index (χ0v) is 24.4. The average Bonchev–Trinajstić information content (AvgIpc) is 3.39. The summed E-state index contributed by atoms with van der Waals surface area (Å²) >= 11 is 0. The van der Waals surface area contributed by atoms with Crippen molar-refractivity contribution < 1.29 is 0 Å². The molecule has 0 amide bonds. The van der Waals surface area contributed by atoms with Crippen molar-refractivity contribution in [2.24, 2.45) is 5.92 Å². The second-order valence-electron chi connectivity index (χ2n) is 11.7. The third kappa shape index (κ3) is 6.60. The molecule has 0 atom stereocenters. The van der Waals surface area contributed by atoms with E-state index in [-0.39, 0.29) is 0 Å². The van der Waals surface area contributed by atoms with Gasteiger partial charge in [-0.1, -0.05) is 111 Å². The third-order valence-electron chi connectivity index (χ3n) is 8.55. The lowest BCUT2D eigenvalue weighted by Crippen LogP contribution is -2.31. The van der Waals surface area contributed by atoms with Crippen LogP contribution in [0.1, 0.15) is 63.1 Å². The summed E-state index contributed by atoms with van der Waals surface area (Å²) in [5.74, 6) is 1.83. The Balaban J connectivity index is 1.42. The van der Waals surface area contributed by atoms with Crippen molar-refractivity contribution in [3.8, 4) is 22.6 Å². The molecule has 4 nitrogen and oxygen atoms in total. The van der Waals surface area contributed by atoms with Gasteiger partial charge in [0.1, 0.15) is 5.82 Å². The van der Waals surface area contributed by atoms with E-state index in [4.69, 9.17) is 9.97 Å². The van der Waals surface area contributed by atoms with Crippen LogP contribution in [0.3, 0.4) is 0 Å². The molecule has 0 aliphatic heterocycles. The fraction of sp³-hybridized carbons (Fsp3) is 0.351. The molecule has 1 aliphatic rings. The second-order valence-corrected chi connectivity index (χ2v) is 11.7. The number of imidazole rings is 1. The van der Waals surface area contributed by atoms with E-state index in [0.717, 1.165) is 62.0 Å². The molecule has 0 bridgehead atoms. The molecule has 0 unspecified atom stereocenters. The van der Waals surface area contributed by atoms with Crippen molar-refractivity contribution in [2.75, 3.05) is 6.54 Å². The standard InChI is InChI=1S/C37H42N4/c1-2-3-23-41-35(36(31-17-9-5-10-18-31)39-37(41)32-19-11-6-12-20-32)28-40(26-29-15-7-4-8-16-29)27-30-24-33-21-13-14-22-34(33)38-25-30/h5-6,9-14,17-22,24-25,29H,2-4,7-8,15-16,23,26-28H2,1H3. The first-order valence-electron chi connectivity index (χ1n) is 15.5. The summed E-state index contributed by atoms with van der Waals surface area (Å²) in [6.45, 7) is 6.13. The molecule has 41 heavy (non-hydrogen) atoms. The van der Waals surface area contributed by atoms with Crippen molar-refractivity contribution >= 4 is 10.9 Å². The number of unbranched alkanes of at least 4 members (excludes halogenated alkanes) is 1. The van der Waals surface area contributed by atoms with E-state index in [1.807, 2.05) is 0 Å². The zero-order valence-electron chi connectivity index (χ0n) is 24.4. The number of aromatic nitrogens is 3. The van der Waals surface area contributed by atoms with E-state index in [1.165, 1.54) is 59.9 Å². The van der Waals surface area contributed by atoms with Gasteiger partial charge in [-0.2, -0.15) is 0 Å². The minimum absolute atomic E-state index is 0.748. The quantitative estimate of drug-likeness (QED) is 0.167. The van der Waals surface area contributed by atoms with Gasteiger partial charge in [0.25, 0.3) is 0 Å². The summed E-state index contributed by atoms with van der Waals surface area (Å²) in [4.78, 5) is 12.9. The number of hydrogen-bond donors (Lipinski definition) is 0. The van der Waals surface area contributed by atoms with E-state index in [0.29, 0.717) is 0 Å². The van der Waals surface area contributed by atoms with Crippen LogP contribution < -0.4 is 0 Å². The second kappa shape index (κ2) is 13.3. The molecule has 1 fully saturated rings. The topological polar surface area (TPSA) is 34.0 Å². The van der Waals surface area contributed by atoms with Crippen molar-refractivity contribution in [3.63, 3.8) is 0 Å². The van der Waals surface area contributed by atoms with Gasteiger partial charge in [-0.25, -0.2) is 4.98 Å². The van der Waals surface area contributed by atoms with Crippen LogP contribution in [0.5, 0.6) is 0 Å². The summed E-state index contributed by atoms with van der Waals surface area (Å²) in [7, 11) is 0. The van der Waals surface area contributed by atoms with Gasteiger partial charge in [0.2, 0.25) is 0 Å². The van der Waals surface area contributed by atoms with Crippen LogP contribution in [0.25, 0.3) is 33.5 Å². The number of fused-ring (bicyclic) bond motifs is 1. The zero-order chi connectivity index (χ0) is 27.9. The number of para-hydroxylation sites is 1. The maximum Gasteiger partial charge on any atom is 0.140 e. The van der Waals surface area contributed by atoms with Gasteiger partial charge in [-0.3, -0.25) is 9.88 Å². The minimum atomic E-state index is 0.748. The Morgan fingerprint density at radius 1 is 0.805 bits per heavy atom. The molecule has 6 rings (SSSR count). The van der Waals surface area contributed by atoms with Crippen LogP contribution in [-0.2, 0) is 19.6 Å². The highest BCUT2D eigenvalue weighted by atomic mass is 15.2. The lowest BCUT2D eigenvalue weighted by molar-refractivity contribution is 0.183. The molecule has 0 N–H and O–H groups in total. The molecule has 1 aliphatic carbocycles. The molecule has 210 valence electrons. The highest BCUT2D eigenvalue weighted by Gasteiger charge is 2.24. The van der Waals surface area contributed by atoms with Gasteiger partial charge < -0.3 is 4.57 Å². The molecule has 0 spiro atoms. The Labute approximate surface area is 245 Å². The summed E-state index contributed by atoms with van der Waals surface area (Å²) in [6.07, 6.45) is 11.1. The molecule has 1 saturated carbocycles. The summed E-state index contributed by atoms with van der Waals surface area (Å²) in [5.41, 5.74) is 7.17. The maximum atomic E-state index is 5.38. The largest absolute Gasteiger partial charge is 0.326 e. The Morgan fingerprint density at radius 2 is 1.51 bits per heavy atom. The van der Waals surface area contributed by atoms with E-state index in [1.54, 1.807) is 0 Å². The fourth-order valence-corrected chi connectivity index (χ4v) is 6.43. The van der Waals surface area contributed by atoms with Gasteiger partial charge in [0, 0.05) is 48.9 Å². The normalized spacial score (nSPS) is 14.2. The van der Waals surface area contributed by atoms with Crippen LogP contribution in [-0.4, -0.2) is 26.0 Å². The minimum Gasteiger partial charge on any atom is -0.326 e. The van der Waals surface area contributed by atoms with Crippen molar-refractivity contribution in [2.45, 2.75) is 71.5 Å². The Hall–Kier alpha value is -3.76. The first-order valence-corrected chi connectivity index (χ1v) is 15.5. The van der Waals surface area contributed by atoms with Crippen LogP contribution in [0, 0.1) is 5.92 Å². The SMILES string of the molecule is CCCCn1c(-c2ccccc2)nc(-c2ccccc2)c1CN(Cc1cnc2ccccc2c1)CC1CCCCC1. The Morgan fingerprint density at radius 3 is 2.27 bits per heavy atom. The first kappa shape index (κ1) is 27.4. The number of pyridine rings is 1. The monoisotopic (exact) mass is 542 g/mol. The van der Waals surface area contributed by atoms with Gasteiger partial charge in [-0.05, 0) is 42.9 Å². The number of nitrogens with zero attached hydrogens (tertiary/aromatic N) is 4. The van der Waals surface area contributed by atoms with Crippen LogP contribution in [0.15, 0.2) is 97.2 Å². The van der Waals surface area contributed by atoms with Gasteiger partial charge >= 0.3 is 0 Å². The Bertz CT molecular complexity index is 1530. The summed E-state index contributed by atoms with van der Waals surface area (Å²) in [6, 6.07) is 32.3. The number of hydrogen-bond acceptors (Lipinski definition) is 3. The summed E-state index contributed by atoms with van der Waals surface area (Å²) in [5, 5.41) is 1.21. The molecular weight excluding hydrogens is 500 g/mol. The van der Waals surface area contributed by atoms with Crippen molar-refractivity contribution in [3.05, 3.63) is 108 Å². The third-order valence-corrected chi connectivity index (χ3v) is 8.55. The average molecular weight is 543 g/mol. The lowest BCUT2D eigenvalue weighted by atomic mass is 9.89. The molecular formula is C37H42N4. The van der Waals surface area contributed by atoms with E-state index in [9.17, 15) is 0 Å². The van der Waals surface area contributed by atoms with Crippen LogP contribution in [0.2, 0.25) is 0 Å². The van der Waals surface area contributed by atoms with Crippen LogP contribution >= 0.6 is 0 Å². The first-order chi connectivity index (χ1) is 20.3. The molecule has 2 aromatic heterocycles. The maximum absolute atomic E-state index is 5.38. The Kier molecular flexibility index (Phi) is 8.87. The van der Waals surface area contributed by atoms with Gasteiger partial charge in [0.05, 0.1) is 16.9 Å². The predicted molar refractivity (Wildman–Crippen MR) is 170 cm³/mol. The molecule has 5 aromatic rings. The summed E-state index contributed by atoms with van der Waals surface area (Å²) < 4.78 is 2.52. The smallest absolute Gasteiger partial charge is 0.140 e. The molecule has 0 radical (unpaired) electrons. The highest BCUT2D eigenvalue weighted by molar-refractivity contribution is 5.78. The molecule has 0 saturated heterocycles. The molecule has 3 aromatic carbocycles. The van der Waals surface area contributed by atoms with Crippen molar-refractivity contribution in [1.29, 1.82) is 0 Å². The van der Waals surface area contributed by atoms with Crippen molar-refractivity contribution in [1.82, 2.24) is 19.4 Å². The highest BCUT2D eigenvalue weighted by Crippen LogP contribution is 2.33. The fourth-order valence-electron chi connectivity index (χ4n) is 6.43. The van der Waals surface area contributed by atoms with Gasteiger partial charge in [-0.15, -0.1) is 0 Å². The van der Waals surface area contributed by atoms with E-state index >= 15 is 0 Å². The van der Waals surface area contributed by atoms with Gasteiger partial charge in [0.15, 0.2) is 0 Å². The van der Waals surface area contributed by atoms with E-state index < -0.39 is 0 Å². The molecule has 4 heteroatoms. The molecule has 2 heterocycles. The number of rotatable bonds is 11. The van der Waals surface area contributed by atoms with E-state index in [2.05, 4.69) is 114 Å². The lowest BCUT2D eigenvalue weighted by Gasteiger charge is -2.30. The predicted octanol–water partition coefficient (Wildman–Crippen LogP) is 9.15.